The molecule has 1 N–H and O–H groups in total. The van der Waals surface area contributed by atoms with E-state index in [9.17, 15) is 4.79 Å². The molecule has 5 heteroatoms. The molecule has 0 heterocycles. The summed E-state index contributed by atoms with van der Waals surface area (Å²) in [6.45, 7) is 5.06. The Hall–Kier alpha value is -2.92. The summed E-state index contributed by atoms with van der Waals surface area (Å²) in [6, 6.07) is 24.2. The molecule has 0 aliphatic carbocycles. The van der Waals surface area contributed by atoms with Crippen molar-refractivity contribution in [2.75, 3.05) is 18.5 Å². The van der Waals surface area contributed by atoms with Crippen LogP contribution in [0, 0.1) is 0 Å². The second kappa shape index (κ2) is 12.1. The fraction of sp³-hybridized carbons (Fsp3) is 0.269. The maximum Gasteiger partial charge on any atom is 0.224 e. The van der Waals surface area contributed by atoms with Crippen molar-refractivity contribution in [1.29, 1.82) is 0 Å². The lowest BCUT2D eigenvalue weighted by Gasteiger charge is -2.12. The average Bonchev–Trinajstić information content (AvgIpc) is 2.80. The van der Waals surface area contributed by atoms with Crippen molar-refractivity contribution in [3.05, 3.63) is 83.9 Å². The van der Waals surface area contributed by atoms with E-state index in [0.717, 1.165) is 28.5 Å². The van der Waals surface area contributed by atoms with E-state index in [-0.39, 0.29) is 5.91 Å². The summed E-state index contributed by atoms with van der Waals surface area (Å²) in [5.74, 6) is 2.37. The number of carbonyl (C=O) groups is 1. The van der Waals surface area contributed by atoms with Crippen molar-refractivity contribution in [2.45, 2.75) is 37.3 Å². The second-order valence-corrected chi connectivity index (χ2v) is 8.04. The van der Waals surface area contributed by atoms with Crippen LogP contribution in [0.1, 0.15) is 31.4 Å². The van der Waals surface area contributed by atoms with Gasteiger partial charge in [-0.05, 0) is 67.8 Å². The van der Waals surface area contributed by atoms with E-state index in [1.54, 1.807) is 11.8 Å². The lowest BCUT2D eigenvalue weighted by Crippen LogP contribution is -2.12. The van der Waals surface area contributed by atoms with Crippen molar-refractivity contribution in [1.82, 2.24) is 0 Å². The van der Waals surface area contributed by atoms with Crippen molar-refractivity contribution < 1.29 is 14.3 Å². The quantitative estimate of drug-likeness (QED) is 0.357. The van der Waals surface area contributed by atoms with Crippen molar-refractivity contribution in [3.63, 3.8) is 0 Å². The number of hydrogen-bond donors (Lipinski definition) is 1. The van der Waals surface area contributed by atoms with Crippen LogP contribution in [-0.2, 0) is 17.0 Å². The van der Waals surface area contributed by atoms with Gasteiger partial charge in [0.15, 0.2) is 11.5 Å². The molecule has 0 fully saturated rings. The molecule has 4 nitrogen and oxygen atoms in total. The molecule has 0 aliphatic heterocycles. The van der Waals surface area contributed by atoms with Crippen LogP contribution in [0.25, 0.3) is 0 Å². The Morgan fingerprint density at radius 1 is 0.839 bits per heavy atom. The van der Waals surface area contributed by atoms with Crippen LogP contribution >= 0.6 is 11.8 Å². The van der Waals surface area contributed by atoms with Crippen LogP contribution in [0.15, 0.2) is 77.7 Å². The highest BCUT2D eigenvalue weighted by Gasteiger charge is 2.08. The van der Waals surface area contributed by atoms with Gasteiger partial charge in [0.1, 0.15) is 0 Å². The van der Waals surface area contributed by atoms with Gasteiger partial charge in [-0.15, -0.1) is 11.8 Å². The molecule has 162 valence electrons. The van der Waals surface area contributed by atoms with Crippen LogP contribution in [0.3, 0.4) is 0 Å². The number of amides is 1. The summed E-state index contributed by atoms with van der Waals surface area (Å²) in [4.78, 5) is 13.6. The third-order valence-electron chi connectivity index (χ3n) is 4.63. The molecule has 0 bridgehead atoms. The van der Waals surface area contributed by atoms with Gasteiger partial charge in [0.25, 0.3) is 0 Å². The predicted octanol–water partition coefficient (Wildman–Crippen LogP) is 6.35. The molecular weight excluding hydrogens is 406 g/mol. The van der Waals surface area contributed by atoms with E-state index in [1.165, 1.54) is 10.5 Å². The molecule has 0 aromatic heterocycles. The monoisotopic (exact) mass is 435 g/mol. The number of anilines is 1. The molecule has 0 saturated carbocycles. The molecule has 31 heavy (non-hydrogen) atoms. The van der Waals surface area contributed by atoms with Gasteiger partial charge in [-0.1, -0.05) is 36.4 Å². The molecule has 0 atom stereocenters. The Morgan fingerprint density at radius 2 is 1.52 bits per heavy atom. The zero-order chi connectivity index (χ0) is 21.9. The topological polar surface area (TPSA) is 47.6 Å². The highest BCUT2D eigenvalue weighted by molar-refractivity contribution is 7.98. The van der Waals surface area contributed by atoms with E-state index < -0.39 is 0 Å². The van der Waals surface area contributed by atoms with Crippen LogP contribution in [0.5, 0.6) is 11.5 Å². The van der Waals surface area contributed by atoms with E-state index >= 15 is 0 Å². The summed E-state index contributed by atoms with van der Waals surface area (Å²) >= 11 is 1.80. The van der Waals surface area contributed by atoms with E-state index in [0.29, 0.717) is 26.1 Å². The number of thioether (sulfide) groups is 1. The summed E-state index contributed by atoms with van der Waals surface area (Å²) in [5.41, 5.74) is 3.10. The molecule has 0 saturated heterocycles. The first-order valence-electron chi connectivity index (χ1n) is 10.6. The summed E-state index contributed by atoms with van der Waals surface area (Å²) in [7, 11) is 0. The maximum absolute atomic E-state index is 12.4. The van der Waals surface area contributed by atoms with Gasteiger partial charge in [-0.2, -0.15) is 0 Å². The number of ether oxygens (including phenoxy) is 2. The summed E-state index contributed by atoms with van der Waals surface area (Å²) < 4.78 is 11.3. The van der Waals surface area contributed by atoms with Gasteiger partial charge < -0.3 is 14.8 Å². The van der Waals surface area contributed by atoms with Crippen molar-refractivity contribution in [3.8, 4) is 11.5 Å². The first-order valence-corrected chi connectivity index (χ1v) is 11.6. The van der Waals surface area contributed by atoms with Crippen molar-refractivity contribution in [2.24, 2.45) is 0 Å². The molecule has 3 rings (SSSR count). The molecule has 0 unspecified atom stereocenters. The lowest BCUT2D eigenvalue weighted by atomic mass is 10.1. The minimum atomic E-state index is -0.00162. The first kappa shape index (κ1) is 22.8. The van der Waals surface area contributed by atoms with Crippen LogP contribution < -0.4 is 14.8 Å². The van der Waals surface area contributed by atoms with Gasteiger partial charge in [0, 0.05) is 22.8 Å². The van der Waals surface area contributed by atoms with Crippen LogP contribution in [0.4, 0.5) is 5.69 Å². The second-order valence-electron chi connectivity index (χ2n) is 6.99. The highest BCUT2D eigenvalue weighted by atomic mass is 32.2. The number of carbonyl (C=O) groups excluding carboxylic acids is 1. The molecular formula is C26H29NO3S. The maximum atomic E-state index is 12.4. The van der Waals surface area contributed by atoms with E-state index in [2.05, 4.69) is 29.6 Å². The minimum Gasteiger partial charge on any atom is -0.490 e. The third kappa shape index (κ3) is 7.37. The number of nitrogens with one attached hydrogen (secondary N) is 1. The number of rotatable bonds is 11. The summed E-state index contributed by atoms with van der Waals surface area (Å²) in [5, 5.41) is 2.98. The molecule has 3 aromatic carbocycles. The van der Waals surface area contributed by atoms with Gasteiger partial charge in [0.05, 0.1) is 13.2 Å². The molecule has 0 aliphatic rings. The number of aryl methyl sites for hydroxylation is 1. The number of benzene rings is 3. The van der Waals surface area contributed by atoms with Crippen LogP contribution in [-0.4, -0.2) is 19.1 Å². The van der Waals surface area contributed by atoms with Crippen LogP contribution in [0.2, 0.25) is 0 Å². The van der Waals surface area contributed by atoms with E-state index in [4.69, 9.17) is 9.47 Å². The zero-order valence-electron chi connectivity index (χ0n) is 18.1. The summed E-state index contributed by atoms with van der Waals surface area (Å²) in [6.07, 6.45) is 1.05. The standard InChI is InChI=1S/C26H29NO3S/c1-3-29-24-16-12-20(18-25(24)30-4-2)13-17-26(28)27-22-14-10-21(11-15-22)19-31-23-8-6-5-7-9-23/h5-12,14-16,18H,3-4,13,17,19H2,1-2H3,(H,27,28). The molecule has 3 aromatic rings. The van der Waals surface area contributed by atoms with Gasteiger partial charge in [0.2, 0.25) is 5.91 Å². The minimum absolute atomic E-state index is 0.00162. The Bertz CT molecular complexity index is 958. The largest absolute Gasteiger partial charge is 0.490 e. The van der Waals surface area contributed by atoms with Gasteiger partial charge in [-0.3, -0.25) is 4.79 Å². The van der Waals surface area contributed by atoms with Crippen molar-refractivity contribution >= 4 is 23.4 Å². The highest BCUT2D eigenvalue weighted by Crippen LogP contribution is 2.29. The Labute approximate surface area is 189 Å². The molecule has 1 amide bonds. The predicted molar refractivity (Wildman–Crippen MR) is 128 cm³/mol. The lowest BCUT2D eigenvalue weighted by molar-refractivity contribution is -0.116. The van der Waals surface area contributed by atoms with Gasteiger partial charge >= 0.3 is 0 Å². The fourth-order valence-electron chi connectivity index (χ4n) is 3.10. The Kier molecular flexibility index (Phi) is 8.85. The molecule has 0 spiro atoms. The third-order valence-corrected chi connectivity index (χ3v) is 5.72. The van der Waals surface area contributed by atoms with E-state index in [1.807, 2.05) is 62.4 Å². The normalized spacial score (nSPS) is 10.5. The van der Waals surface area contributed by atoms with Gasteiger partial charge in [-0.25, -0.2) is 0 Å². The average molecular weight is 436 g/mol. The molecule has 0 radical (unpaired) electrons. The number of hydrogen-bond acceptors (Lipinski definition) is 4. The fourth-order valence-corrected chi connectivity index (χ4v) is 3.98. The first-order chi connectivity index (χ1) is 15.2. The SMILES string of the molecule is CCOc1ccc(CCC(=O)Nc2ccc(CSc3ccccc3)cc2)cc1OCC. The Morgan fingerprint density at radius 3 is 2.23 bits per heavy atom. The zero-order valence-corrected chi connectivity index (χ0v) is 18.9. The Balaban J connectivity index is 1.48. The smallest absolute Gasteiger partial charge is 0.224 e.